The number of rotatable bonds is 5. The minimum absolute atomic E-state index is 0.517. The van der Waals surface area contributed by atoms with Crippen molar-refractivity contribution in [2.24, 2.45) is 5.73 Å². The standard InChI is InChI=1S/C17H21NO/c1-3-4-13-5-7-14(8-6-13)17-10-9-16(19-2)11-15(17)12-18/h5-11H,3-4,12,18H2,1-2H3. The largest absolute Gasteiger partial charge is 0.497 e. The molecule has 2 N–H and O–H groups in total. The summed E-state index contributed by atoms with van der Waals surface area (Å²) in [4.78, 5) is 0. The van der Waals surface area contributed by atoms with Crippen LogP contribution in [-0.2, 0) is 13.0 Å². The summed E-state index contributed by atoms with van der Waals surface area (Å²) in [6.45, 7) is 2.72. The van der Waals surface area contributed by atoms with Crippen LogP contribution in [0, 0.1) is 0 Å². The van der Waals surface area contributed by atoms with Crippen LogP contribution in [0.3, 0.4) is 0 Å². The number of ether oxygens (including phenoxy) is 1. The topological polar surface area (TPSA) is 35.2 Å². The van der Waals surface area contributed by atoms with Crippen molar-refractivity contribution in [3.63, 3.8) is 0 Å². The summed E-state index contributed by atoms with van der Waals surface area (Å²) in [6, 6.07) is 14.8. The highest BCUT2D eigenvalue weighted by molar-refractivity contribution is 5.68. The molecule has 0 saturated heterocycles. The van der Waals surface area contributed by atoms with Gasteiger partial charge in [-0.2, -0.15) is 0 Å². The van der Waals surface area contributed by atoms with E-state index in [1.54, 1.807) is 7.11 Å². The lowest BCUT2D eigenvalue weighted by molar-refractivity contribution is 0.414. The summed E-state index contributed by atoms with van der Waals surface area (Å²) in [7, 11) is 1.68. The average Bonchev–Trinajstić information content (AvgIpc) is 2.48. The molecule has 0 fully saturated rings. The maximum Gasteiger partial charge on any atom is 0.119 e. The van der Waals surface area contributed by atoms with E-state index in [0.29, 0.717) is 6.54 Å². The molecule has 0 saturated carbocycles. The van der Waals surface area contributed by atoms with Crippen LogP contribution < -0.4 is 10.5 Å². The fraction of sp³-hybridized carbons (Fsp3) is 0.294. The molecular formula is C17H21NO. The maximum absolute atomic E-state index is 5.83. The predicted molar refractivity (Wildman–Crippen MR) is 80.3 cm³/mol. The lowest BCUT2D eigenvalue weighted by Crippen LogP contribution is -2.00. The first-order valence-electron chi connectivity index (χ1n) is 6.74. The first-order chi connectivity index (χ1) is 9.28. The minimum atomic E-state index is 0.517. The number of hydrogen-bond acceptors (Lipinski definition) is 2. The first kappa shape index (κ1) is 13.6. The molecule has 0 aliphatic heterocycles. The minimum Gasteiger partial charge on any atom is -0.497 e. The van der Waals surface area contributed by atoms with Crippen LogP contribution >= 0.6 is 0 Å². The Balaban J connectivity index is 2.35. The molecule has 0 aliphatic rings. The molecule has 2 heteroatoms. The summed E-state index contributed by atoms with van der Waals surface area (Å²) in [5, 5.41) is 0. The van der Waals surface area contributed by atoms with Gasteiger partial charge in [0.15, 0.2) is 0 Å². The molecule has 0 amide bonds. The third-order valence-corrected chi connectivity index (χ3v) is 3.34. The van der Waals surface area contributed by atoms with Crippen LogP contribution in [0.1, 0.15) is 24.5 Å². The Kier molecular flexibility index (Phi) is 4.58. The van der Waals surface area contributed by atoms with Crippen molar-refractivity contribution in [2.45, 2.75) is 26.3 Å². The van der Waals surface area contributed by atoms with Crippen molar-refractivity contribution in [3.8, 4) is 16.9 Å². The number of aryl methyl sites for hydroxylation is 1. The second-order valence-corrected chi connectivity index (χ2v) is 4.67. The molecule has 0 aromatic heterocycles. The van der Waals surface area contributed by atoms with E-state index in [0.717, 1.165) is 17.7 Å². The molecule has 2 aromatic carbocycles. The lowest BCUT2D eigenvalue weighted by Gasteiger charge is -2.11. The quantitative estimate of drug-likeness (QED) is 0.882. The van der Waals surface area contributed by atoms with Gasteiger partial charge in [0.2, 0.25) is 0 Å². The van der Waals surface area contributed by atoms with E-state index in [1.165, 1.54) is 23.1 Å². The second-order valence-electron chi connectivity index (χ2n) is 4.67. The van der Waals surface area contributed by atoms with E-state index in [-0.39, 0.29) is 0 Å². The van der Waals surface area contributed by atoms with Gasteiger partial charge in [-0.3, -0.25) is 0 Å². The van der Waals surface area contributed by atoms with E-state index in [9.17, 15) is 0 Å². The van der Waals surface area contributed by atoms with Crippen LogP contribution in [0.5, 0.6) is 5.75 Å². The second kappa shape index (κ2) is 6.39. The van der Waals surface area contributed by atoms with Crippen LogP contribution in [0.4, 0.5) is 0 Å². The Morgan fingerprint density at radius 3 is 2.37 bits per heavy atom. The number of hydrogen-bond donors (Lipinski definition) is 1. The fourth-order valence-corrected chi connectivity index (χ4v) is 2.29. The van der Waals surface area contributed by atoms with E-state index < -0.39 is 0 Å². The average molecular weight is 255 g/mol. The van der Waals surface area contributed by atoms with E-state index in [2.05, 4.69) is 37.3 Å². The first-order valence-corrected chi connectivity index (χ1v) is 6.74. The smallest absolute Gasteiger partial charge is 0.119 e. The van der Waals surface area contributed by atoms with Crippen molar-refractivity contribution in [1.29, 1.82) is 0 Å². The van der Waals surface area contributed by atoms with Gasteiger partial charge >= 0.3 is 0 Å². The van der Waals surface area contributed by atoms with Gasteiger partial charge in [0.25, 0.3) is 0 Å². The zero-order valence-electron chi connectivity index (χ0n) is 11.6. The van der Waals surface area contributed by atoms with Crippen LogP contribution in [0.25, 0.3) is 11.1 Å². The van der Waals surface area contributed by atoms with Crippen LogP contribution in [-0.4, -0.2) is 7.11 Å². The molecular weight excluding hydrogens is 234 g/mol. The summed E-state index contributed by atoms with van der Waals surface area (Å²) in [5.74, 6) is 0.854. The molecule has 0 spiro atoms. The van der Waals surface area contributed by atoms with E-state index in [4.69, 9.17) is 10.5 Å². The molecule has 2 rings (SSSR count). The van der Waals surface area contributed by atoms with Gasteiger partial charge in [-0.25, -0.2) is 0 Å². The summed E-state index contributed by atoms with van der Waals surface area (Å²) in [6.07, 6.45) is 2.31. The molecule has 0 heterocycles. The normalized spacial score (nSPS) is 10.5. The van der Waals surface area contributed by atoms with Crippen molar-refractivity contribution >= 4 is 0 Å². The molecule has 0 bridgehead atoms. The zero-order valence-corrected chi connectivity index (χ0v) is 11.6. The number of methoxy groups -OCH3 is 1. The van der Waals surface area contributed by atoms with Crippen molar-refractivity contribution in [1.82, 2.24) is 0 Å². The molecule has 0 unspecified atom stereocenters. The fourth-order valence-electron chi connectivity index (χ4n) is 2.29. The van der Waals surface area contributed by atoms with Crippen molar-refractivity contribution < 1.29 is 4.74 Å². The zero-order chi connectivity index (χ0) is 13.7. The highest BCUT2D eigenvalue weighted by Gasteiger charge is 2.05. The Morgan fingerprint density at radius 1 is 1.05 bits per heavy atom. The monoisotopic (exact) mass is 255 g/mol. The van der Waals surface area contributed by atoms with Crippen LogP contribution in [0.2, 0.25) is 0 Å². The van der Waals surface area contributed by atoms with Gasteiger partial charge in [-0.15, -0.1) is 0 Å². The van der Waals surface area contributed by atoms with Crippen molar-refractivity contribution in [2.75, 3.05) is 7.11 Å². The Bertz CT molecular complexity index is 531. The van der Waals surface area contributed by atoms with Gasteiger partial charge in [-0.05, 0) is 40.8 Å². The summed E-state index contributed by atoms with van der Waals surface area (Å²) in [5.41, 5.74) is 10.7. The Hall–Kier alpha value is -1.80. The third kappa shape index (κ3) is 3.15. The SMILES string of the molecule is CCCc1ccc(-c2ccc(OC)cc2CN)cc1. The van der Waals surface area contributed by atoms with E-state index >= 15 is 0 Å². The summed E-state index contributed by atoms with van der Waals surface area (Å²) >= 11 is 0. The third-order valence-electron chi connectivity index (χ3n) is 3.34. The number of benzene rings is 2. The maximum atomic E-state index is 5.83. The van der Waals surface area contributed by atoms with Crippen LogP contribution in [0.15, 0.2) is 42.5 Å². The van der Waals surface area contributed by atoms with E-state index in [1.807, 2.05) is 12.1 Å². The highest BCUT2D eigenvalue weighted by Crippen LogP contribution is 2.27. The molecule has 0 radical (unpaired) electrons. The van der Waals surface area contributed by atoms with Gasteiger partial charge in [0.05, 0.1) is 7.11 Å². The van der Waals surface area contributed by atoms with Gasteiger partial charge < -0.3 is 10.5 Å². The van der Waals surface area contributed by atoms with Crippen molar-refractivity contribution in [3.05, 3.63) is 53.6 Å². The predicted octanol–water partition coefficient (Wildman–Crippen LogP) is 3.77. The molecule has 2 nitrogen and oxygen atoms in total. The lowest BCUT2D eigenvalue weighted by atomic mass is 9.97. The van der Waals surface area contributed by atoms with Gasteiger partial charge in [0, 0.05) is 6.54 Å². The van der Waals surface area contributed by atoms with Gasteiger partial charge in [0.1, 0.15) is 5.75 Å². The van der Waals surface area contributed by atoms with Gasteiger partial charge in [-0.1, -0.05) is 43.7 Å². The molecule has 0 aliphatic carbocycles. The molecule has 0 atom stereocenters. The number of nitrogens with two attached hydrogens (primary N) is 1. The summed E-state index contributed by atoms with van der Waals surface area (Å²) < 4.78 is 5.24. The Morgan fingerprint density at radius 2 is 1.79 bits per heavy atom. The molecule has 2 aromatic rings. The molecule has 100 valence electrons. The highest BCUT2D eigenvalue weighted by atomic mass is 16.5. The Labute approximate surface area is 115 Å². The molecule has 19 heavy (non-hydrogen) atoms.